The molecular weight excluding hydrogens is 227 g/mol. The van der Waals surface area contributed by atoms with Gasteiger partial charge >= 0.3 is 0 Å². The molecule has 110 valence electrons. The maximum Gasteiger partial charge on any atom is 0.197 e. The molecule has 0 aromatic heterocycles. The molecule has 0 bridgehead atoms. The van der Waals surface area contributed by atoms with E-state index in [2.05, 4.69) is 65.6 Å². The molecule has 0 saturated heterocycles. The van der Waals surface area contributed by atoms with Crippen LogP contribution in [0.4, 0.5) is 0 Å². The second-order valence-electron chi connectivity index (χ2n) is 6.64. The largest absolute Gasteiger partial charge is 0.197 e. The number of hydrogen-bond acceptors (Lipinski definition) is 0. The Morgan fingerprint density at radius 1 is 0.895 bits per heavy atom. The highest BCUT2D eigenvalue weighted by Crippen LogP contribution is 2.38. The van der Waals surface area contributed by atoms with Gasteiger partial charge in [-0.3, -0.25) is 0 Å². The minimum atomic E-state index is 0.339. The van der Waals surface area contributed by atoms with Crippen molar-refractivity contribution >= 4 is 6.71 Å². The van der Waals surface area contributed by atoms with Gasteiger partial charge in [0.05, 0.1) is 0 Å². The van der Waals surface area contributed by atoms with Crippen molar-refractivity contribution in [3.8, 4) is 0 Å². The Balaban J connectivity index is 4.64. The van der Waals surface area contributed by atoms with E-state index in [0.717, 1.165) is 0 Å². The van der Waals surface area contributed by atoms with Crippen LogP contribution in [0.3, 0.4) is 0 Å². The van der Waals surface area contributed by atoms with E-state index in [4.69, 9.17) is 0 Å². The van der Waals surface area contributed by atoms with Crippen LogP contribution < -0.4 is 0 Å². The monoisotopic (exact) mass is 262 g/mol. The van der Waals surface area contributed by atoms with Gasteiger partial charge in [-0.15, -0.1) is 12.0 Å². The Bertz CT molecular complexity index is 243. The molecule has 0 amide bonds. The minimum Gasteiger partial charge on any atom is -0.114 e. The molecule has 1 heteroatoms. The third kappa shape index (κ3) is 7.65. The van der Waals surface area contributed by atoms with Crippen LogP contribution >= 0.6 is 0 Å². The lowest BCUT2D eigenvalue weighted by molar-refractivity contribution is 0.471. The highest BCUT2D eigenvalue weighted by atomic mass is 14.2. The van der Waals surface area contributed by atoms with Crippen LogP contribution in [0, 0.1) is 5.92 Å². The molecule has 0 aliphatic carbocycles. The summed E-state index contributed by atoms with van der Waals surface area (Å²) in [5, 5.41) is 0.339. The van der Waals surface area contributed by atoms with Gasteiger partial charge in [0, 0.05) is 0 Å². The van der Waals surface area contributed by atoms with Crippen molar-refractivity contribution in [2.45, 2.75) is 85.4 Å². The van der Waals surface area contributed by atoms with Gasteiger partial charge in [0.1, 0.15) is 0 Å². The van der Waals surface area contributed by atoms with Crippen molar-refractivity contribution in [2.24, 2.45) is 5.92 Å². The average Bonchev–Trinajstić information content (AvgIpc) is 2.36. The van der Waals surface area contributed by atoms with Crippen LogP contribution in [-0.4, -0.2) is 6.71 Å². The lowest BCUT2D eigenvalue weighted by Crippen LogP contribution is -2.29. The third-order valence-electron chi connectivity index (χ3n) is 4.48. The van der Waals surface area contributed by atoms with Crippen molar-refractivity contribution in [1.82, 2.24) is 0 Å². The van der Waals surface area contributed by atoms with Crippen molar-refractivity contribution < 1.29 is 0 Å². The fraction of sp³-hybridized carbons (Fsp3) is 0.778. The SMILES string of the molecule is CCCCC=CB(C=CCCCC)C(C)(C)C(C)C. The summed E-state index contributed by atoms with van der Waals surface area (Å²) in [5.74, 6) is 5.58. The summed E-state index contributed by atoms with van der Waals surface area (Å²) in [6, 6.07) is 0. The van der Waals surface area contributed by atoms with Gasteiger partial charge in [0.25, 0.3) is 0 Å². The predicted octanol–water partition coefficient (Wildman–Crippen LogP) is 6.49. The number of allylic oxidation sites excluding steroid dienone is 2. The summed E-state index contributed by atoms with van der Waals surface area (Å²) < 4.78 is 0. The average molecular weight is 262 g/mol. The smallest absolute Gasteiger partial charge is 0.114 e. The molecule has 0 saturated carbocycles. The van der Waals surface area contributed by atoms with Gasteiger partial charge in [-0.1, -0.05) is 79.4 Å². The summed E-state index contributed by atoms with van der Waals surface area (Å²) in [4.78, 5) is 0. The summed E-state index contributed by atoms with van der Waals surface area (Å²) in [7, 11) is 0. The first-order chi connectivity index (χ1) is 8.96. The van der Waals surface area contributed by atoms with E-state index in [1.807, 2.05) is 0 Å². The minimum absolute atomic E-state index is 0.339. The Labute approximate surface area is 122 Å². The van der Waals surface area contributed by atoms with Gasteiger partial charge in [-0.05, 0) is 24.1 Å². The topological polar surface area (TPSA) is 0 Å². The van der Waals surface area contributed by atoms with E-state index in [9.17, 15) is 0 Å². The Hall–Kier alpha value is -0.455. The summed E-state index contributed by atoms with van der Waals surface area (Å²) in [5.41, 5.74) is 0. The van der Waals surface area contributed by atoms with Gasteiger partial charge in [-0.2, -0.15) is 0 Å². The quantitative estimate of drug-likeness (QED) is 0.312. The molecule has 0 spiro atoms. The van der Waals surface area contributed by atoms with E-state index in [1.165, 1.54) is 38.5 Å². The highest BCUT2D eigenvalue weighted by molar-refractivity contribution is 6.72. The van der Waals surface area contributed by atoms with E-state index >= 15 is 0 Å². The first kappa shape index (κ1) is 18.5. The van der Waals surface area contributed by atoms with Crippen molar-refractivity contribution in [3.05, 3.63) is 24.1 Å². The van der Waals surface area contributed by atoms with Crippen LogP contribution in [0.5, 0.6) is 0 Å². The molecular formula is C18H35B. The maximum atomic E-state index is 2.44. The lowest BCUT2D eigenvalue weighted by atomic mass is 9.31. The first-order valence-electron chi connectivity index (χ1n) is 8.30. The van der Waals surface area contributed by atoms with Gasteiger partial charge < -0.3 is 0 Å². The van der Waals surface area contributed by atoms with Crippen molar-refractivity contribution in [3.63, 3.8) is 0 Å². The molecule has 0 atom stereocenters. The molecule has 0 fully saturated rings. The lowest BCUT2D eigenvalue weighted by Gasteiger charge is -2.32. The molecule has 0 nitrogen and oxygen atoms in total. The predicted molar refractivity (Wildman–Crippen MR) is 92.0 cm³/mol. The summed E-state index contributed by atoms with van der Waals surface area (Å²) in [6.07, 6.45) is 12.4. The van der Waals surface area contributed by atoms with E-state index in [-0.39, 0.29) is 0 Å². The Kier molecular flexibility index (Phi) is 10.1. The second kappa shape index (κ2) is 10.3. The molecule has 19 heavy (non-hydrogen) atoms. The van der Waals surface area contributed by atoms with Crippen LogP contribution in [0.25, 0.3) is 0 Å². The van der Waals surface area contributed by atoms with Gasteiger partial charge in [0.2, 0.25) is 0 Å². The second-order valence-corrected chi connectivity index (χ2v) is 6.64. The van der Waals surface area contributed by atoms with Gasteiger partial charge in [0.15, 0.2) is 6.71 Å². The summed E-state index contributed by atoms with van der Waals surface area (Å²) >= 11 is 0. The fourth-order valence-corrected chi connectivity index (χ4v) is 2.07. The van der Waals surface area contributed by atoms with E-state index in [0.29, 0.717) is 17.9 Å². The molecule has 0 aromatic carbocycles. The summed E-state index contributed by atoms with van der Waals surface area (Å²) in [6.45, 7) is 14.6. The van der Waals surface area contributed by atoms with Crippen LogP contribution in [0.15, 0.2) is 24.1 Å². The van der Waals surface area contributed by atoms with Crippen molar-refractivity contribution in [1.29, 1.82) is 0 Å². The fourth-order valence-electron chi connectivity index (χ4n) is 2.07. The van der Waals surface area contributed by atoms with E-state index < -0.39 is 0 Å². The first-order valence-corrected chi connectivity index (χ1v) is 8.30. The Morgan fingerprint density at radius 3 is 1.63 bits per heavy atom. The van der Waals surface area contributed by atoms with Crippen LogP contribution in [-0.2, 0) is 0 Å². The molecule has 0 radical (unpaired) electrons. The molecule has 0 rings (SSSR count). The third-order valence-corrected chi connectivity index (χ3v) is 4.48. The van der Waals surface area contributed by atoms with Crippen molar-refractivity contribution in [2.75, 3.05) is 0 Å². The molecule has 0 aromatic rings. The van der Waals surface area contributed by atoms with Crippen LogP contribution in [0.2, 0.25) is 5.31 Å². The number of rotatable bonds is 10. The molecule has 0 aliphatic heterocycles. The van der Waals surface area contributed by atoms with Gasteiger partial charge in [-0.25, -0.2) is 0 Å². The molecule has 0 heterocycles. The zero-order chi connectivity index (χ0) is 14.7. The molecule has 0 unspecified atom stereocenters. The zero-order valence-electron chi connectivity index (χ0n) is 14.2. The molecule has 0 N–H and O–H groups in total. The highest BCUT2D eigenvalue weighted by Gasteiger charge is 2.31. The van der Waals surface area contributed by atoms with Crippen LogP contribution in [0.1, 0.15) is 80.1 Å². The van der Waals surface area contributed by atoms with E-state index in [1.54, 1.807) is 0 Å². The normalized spacial score (nSPS) is 13.0. The Morgan fingerprint density at radius 2 is 1.32 bits per heavy atom. The maximum absolute atomic E-state index is 2.44. The molecule has 0 aliphatic rings. The number of unbranched alkanes of at least 4 members (excludes halogenated alkanes) is 4. The standard InChI is InChI=1S/C18H35B/c1-7-9-11-13-15-19(16-14-12-10-8-2)18(5,6)17(3)4/h13-17H,7-12H2,1-6H3. The zero-order valence-corrected chi connectivity index (χ0v) is 14.2. The number of hydrogen-bond donors (Lipinski definition) is 0.